The normalized spacial score (nSPS) is 10.1. The van der Waals surface area contributed by atoms with Crippen molar-refractivity contribution in [3.05, 3.63) is 23.3 Å². The molecular weight excluding hydrogens is 204 g/mol. The lowest BCUT2D eigenvalue weighted by molar-refractivity contribution is 0.949. The Balaban J connectivity index is 2.86. The maximum atomic E-state index is 4.37. The van der Waals surface area contributed by atoms with Crippen LogP contribution in [0.15, 0.2) is 6.20 Å². The van der Waals surface area contributed by atoms with E-state index >= 15 is 0 Å². The quantitative estimate of drug-likeness (QED) is 0.705. The minimum atomic E-state index is 0.949. The minimum absolute atomic E-state index is 0.949. The fourth-order valence-corrected chi connectivity index (χ4v) is 1.21. The molecule has 0 unspecified atom stereocenters. The highest BCUT2D eigenvalue weighted by Gasteiger charge is 1.97. The Morgan fingerprint density at radius 2 is 2.09 bits per heavy atom. The van der Waals surface area contributed by atoms with Crippen LogP contribution in [0.4, 0.5) is 0 Å². The standard InChI is InChI=1S/C8H11BrN2/c1-6-7(2)11-8(3-4-9)5-10-6/h5H,3-4H2,1-2H3. The third-order valence-electron chi connectivity index (χ3n) is 1.59. The van der Waals surface area contributed by atoms with Gasteiger partial charge in [-0.15, -0.1) is 0 Å². The number of halogens is 1. The summed E-state index contributed by atoms with van der Waals surface area (Å²) in [7, 11) is 0. The fraction of sp³-hybridized carbons (Fsp3) is 0.500. The fourth-order valence-electron chi connectivity index (χ4n) is 0.807. The number of aryl methyl sites for hydroxylation is 3. The van der Waals surface area contributed by atoms with Gasteiger partial charge in [-0.1, -0.05) is 15.9 Å². The molecule has 3 heteroatoms. The lowest BCUT2D eigenvalue weighted by atomic mass is 10.3. The molecule has 0 aliphatic heterocycles. The molecule has 1 rings (SSSR count). The zero-order chi connectivity index (χ0) is 8.27. The summed E-state index contributed by atoms with van der Waals surface area (Å²) in [6, 6.07) is 0. The summed E-state index contributed by atoms with van der Waals surface area (Å²) in [4.78, 5) is 8.58. The van der Waals surface area contributed by atoms with E-state index in [1.165, 1.54) is 0 Å². The molecule has 1 aromatic rings. The van der Waals surface area contributed by atoms with E-state index in [4.69, 9.17) is 0 Å². The summed E-state index contributed by atoms with van der Waals surface area (Å²) in [5.41, 5.74) is 3.11. The first-order valence-corrected chi connectivity index (χ1v) is 4.71. The average Bonchev–Trinajstić information content (AvgIpc) is 1.98. The van der Waals surface area contributed by atoms with Crippen molar-refractivity contribution in [2.45, 2.75) is 20.3 Å². The van der Waals surface area contributed by atoms with Crippen molar-refractivity contribution in [3.63, 3.8) is 0 Å². The van der Waals surface area contributed by atoms with Crippen molar-refractivity contribution >= 4 is 15.9 Å². The van der Waals surface area contributed by atoms with Gasteiger partial charge in [-0.25, -0.2) is 0 Å². The second kappa shape index (κ2) is 3.81. The summed E-state index contributed by atoms with van der Waals surface area (Å²) < 4.78 is 0. The van der Waals surface area contributed by atoms with Gasteiger partial charge in [0, 0.05) is 17.9 Å². The maximum absolute atomic E-state index is 4.37. The van der Waals surface area contributed by atoms with Crippen LogP contribution in [0, 0.1) is 13.8 Å². The van der Waals surface area contributed by atoms with E-state index in [9.17, 15) is 0 Å². The highest BCUT2D eigenvalue weighted by Crippen LogP contribution is 2.02. The van der Waals surface area contributed by atoms with E-state index in [0.717, 1.165) is 28.8 Å². The number of nitrogens with zero attached hydrogens (tertiary/aromatic N) is 2. The Morgan fingerprint density at radius 3 is 2.64 bits per heavy atom. The second-order valence-electron chi connectivity index (χ2n) is 2.47. The molecule has 0 aliphatic carbocycles. The Bertz CT molecular complexity index is 248. The first-order chi connectivity index (χ1) is 5.24. The molecule has 0 fully saturated rings. The predicted octanol–water partition coefficient (Wildman–Crippen LogP) is 2.03. The Labute approximate surface area is 75.2 Å². The van der Waals surface area contributed by atoms with Gasteiger partial charge in [-0.05, 0) is 13.8 Å². The maximum Gasteiger partial charge on any atom is 0.0598 e. The number of hydrogen-bond acceptors (Lipinski definition) is 2. The first kappa shape index (κ1) is 8.65. The highest BCUT2D eigenvalue weighted by atomic mass is 79.9. The number of hydrogen-bond donors (Lipinski definition) is 0. The van der Waals surface area contributed by atoms with Gasteiger partial charge in [0.15, 0.2) is 0 Å². The van der Waals surface area contributed by atoms with Crippen molar-refractivity contribution in [2.24, 2.45) is 0 Å². The molecule has 0 aliphatic rings. The van der Waals surface area contributed by atoms with E-state index in [1.807, 2.05) is 20.0 Å². The second-order valence-corrected chi connectivity index (χ2v) is 3.26. The Hall–Kier alpha value is -0.440. The van der Waals surface area contributed by atoms with Gasteiger partial charge in [0.1, 0.15) is 0 Å². The molecule has 60 valence electrons. The van der Waals surface area contributed by atoms with Crippen LogP contribution >= 0.6 is 15.9 Å². The molecule has 0 N–H and O–H groups in total. The Kier molecular flexibility index (Phi) is 3.00. The van der Waals surface area contributed by atoms with Crippen LogP contribution in [0.25, 0.3) is 0 Å². The van der Waals surface area contributed by atoms with Crippen LogP contribution in [0.3, 0.4) is 0 Å². The zero-order valence-corrected chi connectivity index (χ0v) is 8.35. The number of aromatic nitrogens is 2. The third-order valence-corrected chi connectivity index (χ3v) is 1.99. The lowest BCUT2D eigenvalue weighted by Gasteiger charge is -2.00. The van der Waals surface area contributed by atoms with E-state index in [-0.39, 0.29) is 0 Å². The topological polar surface area (TPSA) is 25.8 Å². The number of rotatable bonds is 2. The predicted molar refractivity (Wildman–Crippen MR) is 49.0 cm³/mol. The molecule has 0 saturated carbocycles. The van der Waals surface area contributed by atoms with E-state index in [0.29, 0.717) is 0 Å². The van der Waals surface area contributed by atoms with Crippen LogP contribution < -0.4 is 0 Å². The molecule has 11 heavy (non-hydrogen) atoms. The van der Waals surface area contributed by atoms with Gasteiger partial charge in [-0.3, -0.25) is 9.97 Å². The van der Waals surface area contributed by atoms with Gasteiger partial charge in [-0.2, -0.15) is 0 Å². The summed E-state index contributed by atoms with van der Waals surface area (Å²) in [5.74, 6) is 0. The van der Waals surface area contributed by atoms with Gasteiger partial charge >= 0.3 is 0 Å². The molecule has 0 atom stereocenters. The smallest absolute Gasteiger partial charge is 0.0598 e. The monoisotopic (exact) mass is 214 g/mol. The SMILES string of the molecule is Cc1ncc(CCBr)nc1C. The molecule has 1 heterocycles. The van der Waals surface area contributed by atoms with Crippen molar-refractivity contribution in [3.8, 4) is 0 Å². The van der Waals surface area contributed by atoms with E-state index in [2.05, 4.69) is 25.9 Å². The molecule has 0 bridgehead atoms. The van der Waals surface area contributed by atoms with Crippen molar-refractivity contribution < 1.29 is 0 Å². The summed E-state index contributed by atoms with van der Waals surface area (Å²) in [5, 5.41) is 0.949. The molecule has 2 nitrogen and oxygen atoms in total. The average molecular weight is 215 g/mol. The molecular formula is C8H11BrN2. The highest BCUT2D eigenvalue weighted by molar-refractivity contribution is 9.09. The van der Waals surface area contributed by atoms with E-state index in [1.54, 1.807) is 0 Å². The summed E-state index contributed by atoms with van der Waals surface area (Å²) in [6.07, 6.45) is 2.79. The van der Waals surface area contributed by atoms with Crippen LogP contribution in [-0.4, -0.2) is 15.3 Å². The first-order valence-electron chi connectivity index (χ1n) is 3.59. The molecule has 0 spiro atoms. The number of alkyl halides is 1. The van der Waals surface area contributed by atoms with Crippen LogP contribution in [0.1, 0.15) is 17.1 Å². The van der Waals surface area contributed by atoms with Crippen LogP contribution in [0.5, 0.6) is 0 Å². The summed E-state index contributed by atoms with van der Waals surface area (Å²) >= 11 is 3.36. The van der Waals surface area contributed by atoms with Crippen molar-refractivity contribution in [2.75, 3.05) is 5.33 Å². The van der Waals surface area contributed by atoms with E-state index < -0.39 is 0 Å². The molecule has 0 saturated heterocycles. The zero-order valence-electron chi connectivity index (χ0n) is 6.76. The van der Waals surface area contributed by atoms with Crippen molar-refractivity contribution in [1.29, 1.82) is 0 Å². The van der Waals surface area contributed by atoms with Gasteiger partial charge in [0.25, 0.3) is 0 Å². The van der Waals surface area contributed by atoms with Crippen LogP contribution in [0.2, 0.25) is 0 Å². The Morgan fingerprint density at radius 1 is 1.36 bits per heavy atom. The molecule has 0 amide bonds. The van der Waals surface area contributed by atoms with Gasteiger partial charge in [0.05, 0.1) is 17.1 Å². The lowest BCUT2D eigenvalue weighted by Crippen LogP contribution is -1.97. The molecule has 1 aromatic heterocycles. The van der Waals surface area contributed by atoms with Crippen LogP contribution in [-0.2, 0) is 6.42 Å². The minimum Gasteiger partial charge on any atom is -0.258 e. The summed E-state index contributed by atoms with van der Waals surface area (Å²) in [6.45, 7) is 3.96. The molecule has 0 radical (unpaired) electrons. The third kappa shape index (κ3) is 2.26. The van der Waals surface area contributed by atoms with Gasteiger partial charge < -0.3 is 0 Å². The van der Waals surface area contributed by atoms with Gasteiger partial charge in [0.2, 0.25) is 0 Å². The largest absolute Gasteiger partial charge is 0.258 e. The molecule has 0 aromatic carbocycles. The van der Waals surface area contributed by atoms with Crippen molar-refractivity contribution in [1.82, 2.24) is 9.97 Å².